The molecule has 5 heteroatoms. The Morgan fingerprint density at radius 1 is 1.45 bits per heavy atom. The van der Waals surface area contributed by atoms with Gasteiger partial charge in [0, 0.05) is 32.5 Å². The summed E-state index contributed by atoms with van der Waals surface area (Å²) in [6, 6.07) is 1.97. The monoisotopic (exact) mass is 276 g/mol. The van der Waals surface area contributed by atoms with Crippen LogP contribution in [-0.2, 0) is 4.74 Å². The molecule has 1 aromatic heterocycles. The van der Waals surface area contributed by atoms with Crippen LogP contribution in [0.25, 0.3) is 0 Å². The van der Waals surface area contributed by atoms with Gasteiger partial charge in [-0.25, -0.2) is 4.98 Å². The van der Waals surface area contributed by atoms with Crippen LogP contribution in [0.15, 0.2) is 6.07 Å². The quantitative estimate of drug-likeness (QED) is 0.650. The van der Waals surface area contributed by atoms with Crippen LogP contribution in [0.2, 0.25) is 0 Å². The van der Waals surface area contributed by atoms with Gasteiger partial charge >= 0.3 is 0 Å². The number of nitrogen functional groups attached to an aromatic ring is 1. The third-order valence-electron chi connectivity index (χ3n) is 3.83. The molecule has 1 aromatic rings. The highest BCUT2D eigenvalue weighted by molar-refractivity contribution is 6.01. The second kappa shape index (κ2) is 6.22. The molecule has 0 spiro atoms. The Morgan fingerprint density at radius 2 is 2.10 bits per heavy atom. The molecule has 2 rings (SSSR count). The third-order valence-corrected chi connectivity index (χ3v) is 3.83. The van der Waals surface area contributed by atoms with Gasteiger partial charge in [-0.1, -0.05) is 0 Å². The number of ether oxygens (including phenoxy) is 1. The summed E-state index contributed by atoms with van der Waals surface area (Å²) in [5.41, 5.74) is 8.46. The summed E-state index contributed by atoms with van der Waals surface area (Å²) in [5.74, 6) is 1.53. The molecule has 0 unspecified atom stereocenters. The van der Waals surface area contributed by atoms with Gasteiger partial charge in [-0.15, -0.1) is 0 Å². The van der Waals surface area contributed by atoms with Crippen LogP contribution in [0.5, 0.6) is 0 Å². The van der Waals surface area contributed by atoms with E-state index >= 15 is 0 Å². The van der Waals surface area contributed by atoms with E-state index < -0.39 is 0 Å². The Bertz CT molecular complexity index is 495. The minimum atomic E-state index is 0.0869. The lowest BCUT2D eigenvalue weighted by molar-refractivity contribution is 0.0685. The molecule has 1 fully saturated rings. The highest BCUT2D eigenvalue weighted by Gasteiger charge is 2.20. The standard InChI is InChI=1S/C15H24N4O/c1-10-8-11(2)18-15(13(10)14(16)17)19(3)9-12-4-6-20-7-5-12/h8,12H,4-7,9H2,1-3H3,(H3,16,17). The van der Waals surface area contributed by atoms with Gasteiger partial charge in [0.2, 0.25) is 0 Å². The van der Waals surface area contributed by atoms with E-state index in [1.165, 1.54) is 0 Å². The molecule has 5 nitrogen and oxygen atoms in total. The first kappa shape index (κ1) is 14.8. The van der Waals surface area contributed by atoms with Crippen molar-refractivity contribution in [2.75, 3.05) is 31.7 Å². The van der Waals surface area contributed by atoms with Crippen LogP contribution in [0.3, 0.4) is 0 Å². The number of aryl methyl sites for hydroxylation is 2. The molecule has 0 radical (unpaired) electrons. The molecule has 1 saturated heterocycles. The van der Waals surface area contributed by atoms with E-state index in [1.54, 1.807) is 0 Å². The summed E-state index contributed by atoms with van der Waals surface area (Å²) in [6.45, 7) is 6.58. The highest BCUT2D eigenvalue weighted by Crippen LogP contribution is 2.24. The molecule has 0 bridgehead atoms. The number of hydrogen-bond acceptors (Lipinski definition) is 4. The number of rotatable bonds is 4. The maximum atomic E-state index is 7.79. The van der Waals surface area contributed by atoms with Crippen LogP contribution in [0.4, 0.5) is 5.82 Å². The summed E-state index contributed by atoms with van der Waals surface area (Å²) in [4.78, 5) is 6.73. The molecule has 0 aromatic carbocycles. The molecule has 110 valence electrons. The first-order valence-corrected chi connectivity index (χ1v) is 7.10. The predicted molar refractivity (Wildman–Crippen MR) is 81.5 cm³/mol. The van der Waals surface area contributed by atoms with E-state index in [2.05, 4.69) is 9.88 Å². The topological polar surface area (TPSA) is 75.2 Å². The van der Waals surface area contributed by atoms with Gasteiger partial charge in [0.05, 0.1) is 5.56 Å². The van der Waals surface area contributed by atoms with E-state index in [9.17, 15) is 0 Å². The maximum absolute atomic E-state index is 7.79. The number of hydrogen-bond donors (Lipinski definition) is 2. The number of nitrogens with one attached hydrogen (secondary N) is 1. The van der Waals surface area contributed by atoms with E-state index in [0.717, 1.165) is 55.2 Å². The Morgan fingerprint density at radius 3 is 2.70 bits per heavy atom. The van der Waals surface area contributed by atoms with Crippen LogP contribution in [0.1, 0.15) is 29.7 Å². The lowest BCUT2D eigenvalue weighted by Gasteiger charge is -2.29. The summed E-state index contributed by atoms with van der Waals surface area (Å²) in [5, 5.41) is 7.79. The van der Waals surface area contributed by atoms with Gasteiger partial charge in [0.25, 0.3) is 0 Å². The van der Waals surface area contributed by atoms with E-state index in [-0.39, 0.29) is 5.84 Å². The summed E-state index contributed by atoms with van der Waals surface area (Å²) >= 11 is 0. The van der Waals surface area contributed by atoms with Crippen molar-refractivity contribution in [3.63, 3.8) is 0 Å². The van der Waals surface area contributed by atoms with Crippen LogP contribution in [0, 0.1) is 25.2 Å². The zero-order valence-corrected chi connectivity index (χ0v) is 12.6. The fourth-order valence-electron chi connectivity index (χ4n) is 2.83. The van der Waals surface area contributed by atoms with Crippen molar-refractivity contribution in [1.29, 1.82) is 5.41 Å². The molecule has 20 heavy (non-hydrogen) atoms. The number of aromatic nitrogens is 1. The first-order valence-electron chi connectivity index (χ1n) is 7.10. The lowest BCUT2D eigenvalue weighted by atomic mass is 9.99. The minimum Gasteiger partial charge on any atom is -0.384 e. The zero-order chi connectivity index (χ0) is 14.7. The van der Waals surface area contributed by atoms with E-state index in [0.29, 0.717) is 5.92 Å². The minimum absolute atomic E-state index is 0.0869. The Labute approximate surface area is 120 Å². The van der Waals surface area contributed by atoms with Crippen molar-refractivity contribution in [2.45, 2.75) is 26.7 Å². The predicted octanol–water partition coefficient (Wildman–Crippen LogP) is 1.85. The molecule has 3 N–H and O–H groups in total. The number of nitrogens with two attached hydrogens (primary N) is 1. The molecule has 2 heterocycles. The summed E-state index contributed by atoms with van der Waals surface area (Å²) in [6.07, 6.45) is 2.18. The number of pyridine rings is 1. The molecule has 1 aliphatic heterocycles. The summed E-state index contributed by atoms with van der Waals surface area (Å²) < 4.78 is 5.40. The fraction of sp³-hybridized carbons (Fsp3) is 0.600. The van der Waals surface area contributed by atoms with Gasteiger partial charge in [-0.05, 0) is 44.2 Å². The Hall–Kier alpha value is -1.62. The van der Waals surface area contributed by atoms with Crippen molar-refractivity contribution in [1.82, 2.24) is 4.98 Å². The van der Waals surface area contributed by atoms with Crippen LogP contribution < -0.4 is 10.6 Å². The molecule has 0 saturated carbocycles. The van der Waals surface area contributed by atoms with Crippen LogP contribution >= 0.6 is 0 Å². The molecule has 1 aliphatic rings. The third kappa shape index (κ3) is 3.28. The fourth-order valence-corrected chi connectivity index (χ4v) is 2.83. The highest BCUT2D eigenvalue weighted by atomic mass is 16.5. The number of anilines is 1. The van der Waals surface area contributed by atoms with E-state index in [1.807, 2.05) is 27.0 Å². The first-order chi connectivity index (χ1) is 9.49. The van der Waals surface area contributed by atoms with Gasteiger partial charge in [0.1, 0.15) is 11.7 Å². The van der Waals surface area contributed by atoms with Crippen LogP contribution in [-0.4, -0.2) is 37.6 Å². The molecule has 0 amide bonds. The van der Waals surface area contributed by atoms with Gasteiger partial charge in [-0.3, -0.25) is 5.41 Å². The maximum Gasteiger partial charge on any atom is 0.139 e. The van der Waals surface area contributed by atoms with Crippen molar-refractivity contribution in [3.05, 3.63) is 22.9 Å². The van der Waals surface area contributed by atoms with Gasteiger partial charge < -0.3 is 15.4 Å². The van der Waals surface area contributed by atoms with Crippen molar-refractivity contribution in [3.8, 4) is 0 Å². The van der Waals surface area contributed by atoms with Gasteiger partial charge in [0.15, 0.2) is 0 Å². The lowest BCUT2D eigenvalue weighted by Crippen LogP contribution is -2.32. The molecule has 0 atom stereocenters. The SMILES string of the molecule is Cc1cc(C)c(C(=N)N)c(N(C)CC2CCOCC2)n1. The number of nitrogens with zero attached hydrogens (tertiary/aromatic N) is 2. The zero-order valence-electron chi connectivity index (χ0n) is 12.6. The average Bonchev–Trinajstić information content (AvgIpc) is 2.38. The second-order valence-corrected chi connectivity index (χ2v) is 5.63. The molecular weight excluding hydrogens is 252 g/mol. The normalized spacial score (nSPS) is 16.1. The average molecular weight is 276 g/mol. The smallest absolute Gasteiger partial charge is 0.139 e. The van der Waals surface area contributed by atoms with E-state index in [4.69, 9.17) is 15.9 Å². The Balaban J connectivity index is 2.23. The largest absolute Gasteiger partial charge is 0.384 e. The van der Waals surface area contributed by atoms with Gasteiger partial charge in [-0.2, -0.15) is 0 Å². The molecule has 0 aliphatic carbocycles. The van der Waals surface area contributed by atoms with Crippen molar-refractivity contribution < 1.29 is 4.74 Å². The number of amidine groups is 1. The summed E-state index contributed by atoms with van der Waals surface area (Å²) in [7, 11) is 2.03. The van der Waals surface area contributed by atoms with Crippen molar-refractivity contribution in [2.24, 2.45) is 11.7 Å². The Kier molecular flexibility index (Phi) is 4.60. The van der Waals surface area contributed by atoms with Crippen molar-refractivity contribution >= 4 is 11.7 Å². The second-order valence-electron chi connectivity index (χ2n) is 5.63. The molecular formula is C15H24N4O.